The van der Waals surface area contributed by atoms with Crippen molar-refractivity contribution in [1.82, 2.24) is 0 Å². The van der Waals surface area contributed by atoms with Crippen LogP contribution in [-0.4, -0.2) is 33.7 Å². The van der Waals surface area contributed by atoms with Crippen LogP contribution >= 0.6 is 0 Å². The van der Waals surface area contributed by atoms with Crippen LogP contribution in [0, 0.1) is 17.8 Å². The Morgan fingerprint density at radius 2 is 1.05 bits per heavy atom. The highest BCUT2D eigenvalue weighted by atomic mass is 16.4. The Morgan fingerprint density at radius 1 is 0.610 bits per heavy atom. The molecule has 2 N–H and O–H groups in total. The van der Waals surface area contributed by atoms with E-state index in [1.807, 2.05) is 6.92 Å². The fraction of sp³-hybridized carbons (Fsp3) is 0.886. The highest BCUT2D eigenvalue weighted by Gasteiger charge is 2.29. The van der Waals surface area contributed by atoms with E-state index < -0.39 is 17.9 Å². The number of rotatable bonds is 28. The molecule has 0 radical (unpaired) electrons. The van der Waals surface area contributed by atoms with Crippen molar-refractivity contribution in [2.75, 3.05) is 0 Å². The lowest BCUT2D eigenvalue weighted by atomic mass is 9.76. The molecule has 0 saturated heterocycles. The Kier molecular flexibility index (Phi) is 22.6. The van der Waals surface area contributed by atoms with Crippen molar-refractivity contribution in [1.29, 1.82) is 0 Å². The van der Waals surface area contributed by atoms with Crippen LogP contribution < -0.4 is 0 Å². The topological polar surface area (TPSA) is 109 Å². The molecule has 0 bridgehead atoms. The lowest BCUT2D eigenvalue weighted by molar-refractivity contribution is -0.144. The third-order valence-corrected chi connectivity index (χ3v) is 9.16. The molecular formula is C35H62O6. The van der Waals surface area contributed by atoms with Gasteiger partial charge in [-0.1, -0.05) is 103 Å². The predicted molar refractivity (Wildman–Crippen MR) is 166 cm³/mol. The Labute approximate surface area is 250 Å². The highest BCUT2D eigenvalue weighted by molar-refractivity contribution is 5.85. The fourth-order valence-electron chi connectivity index (χ4n) is 6.41. The van der Waals surface area contributed by atoms with Gasteiger partial charge in [0.1, 0.15) is 11.6 Å². The Bertz CT molecular complexity index is 709. The van der Waals surface area contributed by atoms with Crippen molar-refractivity contribution in [3.8, 4) is 0 Å². The summed E-state index contributed by atoms with van der Waals surface area (Å²) in [4.78, 5) is 46.8. The van der Waals surface area contributed by atoms with Crippen molar-refractivity contribution in [2.45, 2.75) is 180 Å². The van der Waals surface area contributed by atoms with Crippen molar-refractivity contribution in [3.05, 3.63) is 0 Å². The van der Waals surface area contributed by atoms with Crippen molar-refractivity contribution >= 4 is 23.5 Å². The van der Waals surface area contributed by atoms with E-state index in [2.05, 4.69) is 0 Å². The molecule has 1 unspecified atom stereocenters. The largest absolute Gasteiger partial charge is 0.481 e. The minimum atomic E-state index is -0.846. The zero-order valence-electron chi connectivity index (χ0n) is 26.4. The van der Waals surface area contributed by atoms with Crippen molar-refractivity contribution in [3.63, 3.8) is 0 Å². The Hall–Kier alpha value is -1.72. The number of carboxylic acid groups (broad SMARTS) is 2. The van der Waals surface area contributed by atoms with Gasteiger partial charge in [-0.15, -0.1) is 0 Å². The van der Waals surface area contributed by atoms with Crippen molar-refractivity contribution < 1.29 is 29.4 Å². The van der Waals surface area contributed by atoms with Gasteiger partial charge in [0.25, 0.3) is 0 Å². The average molecular weight is 579 g/mol. The number of carboxylic acids is 2. The quantitative estimate of drug-likeness (QED) is 0.0894. The van der Waals surface area contributed by atoms with E-state index in [0.29, 0.717) is 37.4 Å². The van der Waals surface area contributed by atoms with E-state index in [1.165, 1.54) is 77.0 Å². The second-order valence-electron chi connectivity index (χ2n) is 12.8. The van der Waals surface area contributed by atoms with E-state index in [4.69, 9.17) is 5.11 Å². The maximum atomic E-state index is 12.6. The van der Waals surface area contributed by atoms with Gasteiger partial charge >= 0.3 is 11.9 Å². The van der Waals surface area contributed by atoms with Gasteiger partial charge in [-0.05, 0) is 57.3 Å². The summed E-state index contributed by atoms with van der Waals surface area (Å²) >= 11 is 0. The summed E-state index contributed by atoms with van der Waals surface area (Å²) in [5.41, 5.74) is 0. The number of hydrogen-bond acceptors (Lipinski definition) is 4. The molecule has 1 aliphatic carbocycles. The lowest BCUT2D eigenvalue weighted by Crippen LogP contribution is -2.26. The molecule has 6 nitrogen and oxygen atoms in total. The molecule has 0 aromatic heterocycles. The summed E-state index contributed by atoms with van der Waals surface area (Å²) in [5.74, 6) is -0.973. The van der Waals surface area contributed by atoms with E-state index in [0.717, 1.165) is 64.2 Å². The molecule has 1 fully saturated rings. The van der Waals surface area contributed by atoms with Gasteiger partial charge in [0.2, 0.25) is 0 Å². The lowest BCUT2D eigenvalue weighted by Gasteiger charge is -2.28. The van der Waals surface area contributed by atoms with Crippen molar-refractivity contribution in [2.24, 2.45) is 17.8 Å². The highest BCUT2D eigenvalue weighted by Crippen LogP contribution is 2.33. The monoisotopic (exact) mass is 578 g/mol. The molecule has 0 spiro atoms. The van der Waals surface area contributed by atoms with E-state index >= 15 is 0 Å². The van der Waals surface area contributed by atoms with Crippen LogP contribution in [0.5, 0.6) is 0 Å². The smallest absolute Gasteiger partial charge is 0.306 e. The molecule has 1 atom stereocenters. The fourth-order valence-corrected chi connectivity index (χ4v) is 6.41. The molecule has 6 heteroatoms. The second-order valence-corrected chi connectivity index (χ2v) is 12.8. The zero-order chi connectivity index (χ0) is 30.1. The summed E-state index contributed by atoms with van der Waals surface area (Å²) in [5, 5.41) is 18.0. The standard InChI is InChI=1S/C35H62O6/c1-2-19-31(35(40)41)28-33(37)30-25-22-29(23-26-30)24-27-32(36)20-17-15-13-11-9-7-5-3-4-6-8-10-12-14-16-18-21-34(38)39/h29-31H,2-28H2,1H3,(H,38,39)(H,40,41). The van der Waals surface area contributed by atoms with E-state index in [9.17, 15) is 24.3 Å². The van der Waals surface area contributed by atoms with Gasteiger partial charge in [-0.3, -0.25) is 19.2 Å². The van der Waals surface area contributed by atoms with Crippen LogP contribution in [0.15, 0.2) is 0 Å². The second kappa shape index (κ2) is 24.8. The van der Waals surface area contributed by atoms with Crippen LogP contribution in [0.3, 0.4) is 0 Å². The van der Waals surface area contributed by atoms with Gasteiger partial charge in [0, 0.05) is 31.6 Å². The minimum Gasteiger partial charge on any atom is -0.481 e. The number of Topliss-reactive ketones (excluding diaryl/α,β-unsaturated/α-hetero) is 2. The molecule has 41 heavy (non-hydrogen) atoms. The SMILES string of the molecule is CCCC(CC(=O)C1CCC(CCC(=O)CCCCCCCCCCCCCCCCCCC(=O)O)CC1)C(=O)O. The first-order chi connectivity index (χ1) is 19.8. The third-order valence-electron chi connectivity index (χ3n) is 9.16. The average Bonchev–Trinajstić information content (AvgIpc) is 2.95. The third kappa shape index (κ3) is 20.7. The molecule has 1 saturated carbocycles. The summed E-state index contributed by atoms with van der Waals surface area (Å²) < 4.78 is 0. The summed E-state index contributed by atoms with van der Waals surface area (Å²) in [6.07, 6.45) is 27.5. The molecule has 1 rings (SSSR count). The van der Waals surface area contributed by atoms with Crippen LogP contribution in [0.4, 0.5) is 0 Å². The predicted octanol–water partition coefficient (Wildman–Crippen LogP) is 9.71. The molecule has 1 aliphatic rings. The number of unbranched alkanes of at least 4 members (excludes halogenated alkanes) is 15. The molecular weight excluding hydrogens is 516 g/mol. The van der Waals surface area contributed by atoms with Gasteiger partial charge in [-0.25, -0.2) is 0 Å². The van der Waals surface area contributed by atoms with Gasteiger partial charge in [0.15, 0.2) is 0 Å². The number of carbonyl (C=O) groups is 4. The number of carbonyl (C=O) groups excluding carboxylic acids is 2. The molecule has 238 valence electrons. The first kappa shape index (κ1) is 37.3. The molecule has 0 amide bonds. The minimum absolute atomic E-state index is 0.0192. The normalized spacial score (nSPS) is 17.8. The van der Waals surface area contributed by atoms with Gasteiger partial charge in [0.05, 0.1) is 5.92 Å². The molecule has 0 aliphatic heterocycles. The molecule has 0 aromatic carbocycles. The van der Waals surface area contributed by atoms with E-state index in [-0.39, 0.29) is 18.1 Å². The Morgan fingerprint density at radius 3 is 1.46 bits per heavy atom. The summed E-state index contributed by atoms with van der Waals surface area (Å²) in [6.45, 7) is 1.96. The molecule has 0 aromatic rings. The van der Waals surface area contributed by atoms with Crippen LogP contribution in [0.25, 0.3) is 0 Å². The summed E-state index contributed by atoms with van der Waals surface area (Å²) in [7, 11) is 0. The van der Waals surface area contributed by atoms with Gasteiger partial charge in [-0.2, -0.15) is 0 Å². The number of ketones is 2. The van der Waals surface area contributed by atoms with E-state index in [1.54, 1.807) is 0 Å². The summed E-state index contributed by atoms with van der Waals surface area (Å²) in [6, 6.07) is 0. The van der Waals surface area contributed by atoms with Crippen LogP contribution in [0.1, 0.15) is 180 Å². The van der Waals surface area contributed by atoms with Crippen LogP contribution in [-0.2, 0) is 19.2 Å². The molecule has 0 heterocycles. The first-order valence-corrected chi connectivity index (χ1v) is 17.3. The van der Waals surface area contributed by atoms with Crippen LogP contribution in [0.2, 0.25) is 0 Å². The zero-order valence-corrected chi connectivity index (χ0v) is 26.4. The maximum absolute atomic E-state index is 12.6. The Balaban J connectivity index is 1.89. The first-order valence-electron chi connectivity index (χ1n) is 17.3. The number of hydrogen-bond donors (Lipinski definition) is 2. The van der Waals surface area contributed by atoms with Gasteiger partial charge < -0.3 is 10.2 Å². The maximum Gasteiger partial charge on any atom is 0.306 e. The number of aliphatic carboxylic acids is 2.